The summed E-state index contributed by atoms with van der Waals surface area (Å²) in [6, 6.07) is 9.88. The van der Waals surface area contributed by atoms with Gasteiger partial charge in [0.05, 0.1) is 12.2 Å². The lowest BCUT2D eigenvalue weighted by molar-refractivity contribution is -0.171. The van der Waals surface area contributed by atoms with E-state index in [0.29, 0.717) is 12.8 Å². The van der Waals surface area contributed by atoms with E-state index in [0.717, 1.165) is 5.56 Å². The van der Waals surface area contributed by atoms with Gasteiger partial charge in [0.1, 0.15) is 25.8 Å². The molecule has 0 aromatic heterocycles. The van der Waals surface area contributed by atoms with Gasteiger partial charge in [-0.15, -0.1) is 0 Å². The molecule has 1 fully saturated rings. The number of benzene rings is 1. The van der Waals surface area contributed by atoms with Gasteiger partial charge in [-0.25, -0.2) is 0 Å². The fourth-order valence-electron chi connectivity index (χ4n) is 3.30. The summed E-state index contributed by atoms with van der Waals surface area (Å²) >= 11 is 0. The molecule has 0 unspecified atom stereocenters. The Bertz CT molecular complexity index is 522. The lowest BCUT2D eigenvalue weighted by Crippen LogP contribution is -2.35. The van der Waals surface area contributed by atoms with Crippen molar-refractivity contribution in [3.05, 3.63) is 35.9 Å². The van der Waals surface area contributed by atoms with E-state index in [9.17, 15) is 5.11 Å². The van der Waals surface area contributed by atoms with Gasteiger partial charge in [0.15, 0.2) is 5.79 Å². The summed E-state index contributed by atoms with van der Waals surface area (Å²) in [5.41, 5.74) is 0.988. The van der Waals surface area contributed by atoms with Crippen LogP contribution >= 0.6 is 0 Å². The van der Waals surface area contributed by atoms with E-state index in [2.05, 4.69) is 0 Å². The van der Waals surface area contributed by atoms with Crippen LogP contribution in [0.1, 0.15) is 38.4 Å². The van der Waals surface area contributed by atoms with Crippen LogP contribution in [0.2, 0.25) is 0 Å². The van der Waals surface area contributed by atoms with Crippen LogP contribution in [-0.4, -0.2) is 63.6 Å². The summed E-state index contributed by atoms with van der Waals surface area (Å²) in [5.74, 6) is -0.746. The third kappa shape index (κ3) is 6.80. The molecule has 1 aliphatic rings. The van der Waals surface area contributed by atoms with Gasteiger partial charge < -0.3 is 33.5 Å². The molecule has 27 heavy (non-hydrogen) atoms. The maximum atomic E-state index is 9.35. The molecule has 4 atom stereocenters. The van der Waals surface area contributed by atoms with E-state index in [1.807, 2.05) is 44.2 Å². The molecule has 1 N–H and O–H groups in total. The summed E-state index contributed by atoms with van der Waals surface area (Å²) in [5, 5.41) is 9.35. The van der Waals surface area contributed by atoms with Crippen LogP contribution in [0.15, 0.2) is 30.3 Å². The van der Waals surface area contributed by atoms with Gasteiger partial charge in [-0.2, -0.15) is 0 Å². The number of ether oxygens (including phenoxy) is 6. The number of aliphatic hydroxyl groups excluding tert-OH is 1. The van der Waals surface area contributed by atoms with Crippen LogP contribution in [0.25, 0.3) is 0 Å². The molecular formula is C20H32O7. The molecule has 0 radical (unpaired) electrons. The van der Waals surface area contributed by atoms with Gasteiger partial charge in [-0.1, -0.05) is 30.3 Å². The van der Waals surface area contributed by atoms with Crippen molar-refractivity contribution >= 4 is 0 Å². The molecule has 1 saturated heterocycles. The zero-order valence-electron chi connectivity index (χ0n) is 16.6. The number of methoxy groups -OCH3 is 2. The zero-order valence-corrected chi connectivity index (χ0v) is 16.6. The third-order valence-corrected chi connectivity index (χ3v) is 4.38. The SMILES string of the molecule is COCO[C@@H](CCO)C[C@H]1OC(C)(C)O[C@@H]1[C@H](OCOC)c1ccccc1. The molecule has 0 spiro atoms. The van der Waals surface area contributed by atoms with Crippen LogP contribution in [0.4, 0.5) is 0 Å². The highest BCUT2D eigenvalue weighted by molar-refractivity contribution is 5.19. The highest BCUT2D eigenvalue weighted by atomic mass is 16.8. The van der Waals surface area contributed by atoms with Crippen molar-refractivity contribution in [3.8, 4) is 0 Å². The first-order valence-electron chi connectivity index (χ1n) is 9.23. The molecule has 2 rings (SSSR count). The van der Waals surface area contributed by atoms with E-state index < -0.39 is 5.79 Å². The predicted octanol–water partition coefficient (Wildman–Crippen LogP) is 2.63. The third-order valence-electron chi connectivity index (χ3n) is 4.38. The van der Waals surface area contributed by atoms with Crippen molar-refractivity contribution in [2.24, 2.45) is 0 Å². The monoisotopic (exact) mass is 384 g/mol. The molecule has 7 heteroatoms. The Morgan fingerprint density at radius 3 is 2.33 bits per heavy atom. The van der Waals surface area contributed by atoms with Gasteiger partial charge in [0.2, 0.25) is 0 Å². The minimum absolute atomic E-state index is 0.0261. The molecule has 0 amide bonds. The molecular weight excluding hydrogens is 352 g/mol. The molecule has 154 valence electrons. The Morgan fingerprint density at radius 1 is 1.04 bits per heavy atom. The average molecular weight is 384 g/mol. The first-order chi connectivity index (χ1) is 13.0. The van der Waals surface area contributed by atoms with Crippen molar-refractivity contribution in [2.45, 2.75) is 56.9 Å². The van der Waals surface area contributed by atoms with Gasteiger partial charge in [-0.3, -0.25) is 0 Å². The fraction of sp³-hybridized carbons (Fsp3) is 0.700. The number of hydrogen-bond donors (Lipinski definition) is 1. The van der Waals surface area contributed by atoms with Gasteiger partial charge in [0.25, 0.3) is 0 Å². The molecule has 1 aliphatic heterocycles. The van der Waals surface area contributed by atoms with Gasteiger partial charge >= 0.3 is 0 Å². The molecule has 1 aromatic rings. The summed E-state index contributed by atoms with van der Waals surface area (Å²) in [6.07, 6.45) is -0.127. The first-order valence-corrected chi connectivity index (χ1v) is 9.23. The zero-order chi connectivity index (χ0) is 19.7. The molecule has 0 saturated carbocycles. The minimum Gasteiger partial charge on any atom is -0.396 e. The number of hydrogen-bond acceptors (Lipinski definition) is 7. The quantitative estimate of drug-likeness (QED) is 0.555. The van der Waals surface area contributed by atoms with Crippen molar-refractivity contribution in [2.75, 3.05) is 34.4 Å². The first kappa shape index (κ1) is 22.2. The highest BCUT2D eigenvalue weighted by Crippen LogP contribution is 2.39. The lowest BCUT2D eigenvalue weighted by atomic mass is 9.96. The minimum atomic E-state index is -0.746. The largest absolute Gasteiger partial charge is 0.396 e. The standard InChI is InChI=1S/C20H32O7/c1-20(2)26-17(12-16(10-11-21)24-13-22-3)19(27-20)18(25-14-23-4)15-8-6-5-7-9-15/h5-9,16-19,21H,10-14H2,1-4H3/t16-,17+,18+,19-/m0/s1. The summed E-state index contributed by atoms with van der Waals surface area (Å²) in [4.78, 5) is 0. The van der Waals surface area contributed by atoms with Crippen molar-refractivity contribution in [1.29, 1.82) is 0 Å². The molecule has 1 aromatic carbocycles. The molecule has 7 nitrogen and oxygen atoms in total. The topological polar surface area (TPSA) is 75.6 Å². The van der Waals surface area contributed by atoms with Gasteiger partial charge in [-0.05, 0) is 25.8 Å². The Kier molecular flexibility index (Phi) is 9.11. The van der Waals surface area contributed by atoms with Crippen LogP contribution in [0.5, 0.6) is 0 Å². The maximum Gasteiger partial charge on any atom is 0.163 e. The molecule has 0 bridgehead atoms. The highest BCUT2D eigenvalue weighted by Gasteiger charge is 2.46. The average Bonchev–Trinajstić information content (AvgIpc) is 2.95. The maximum absolute atomic E-state index is 9.35. The van der Waals surface area contributed by atoms with Crippen LogP contribution < -0.4 is 0 Å². The Balaban J connectivity index is 2.20. The fourth-order valence-corrected chi connectivity index (χ4v) is 3.30. The smallest absolute Gasteiger partial charge is 0.163 e. The van der Waals surface area contributed by atoms with Crippen molar-refractivity contribution in [3.63, 3.8) is 0 Å². The Morgan fingerprint density at radius 2 is 1.70 bits per heavy atom. The lowest BCUT2D eigenvalue weighted by Gasteiger charge is -2.28. The second kappa shape index (κ2) is 11.1. The van der Waals surface area contributed by atoms with Crippen molar-refractivity contribution in [1.82, 2.24) is 0 Å². The second-order valence-corrected chi connectivity index (χ2v) is 6.99. The summed E-state index contributed by atoms with van der Waals surface area (Å²) < 4.78 is 34.1. The van der Waals surface area contributed by atoms with Crippen LogP contribution in [-0.2, 0) is 28.4 Å². The van der Waals surface area contributed by atoms with Crippen LogP contribution in [0.3, 0.4) is 0 Å². The normalized spacial score (nSPS) is 24.0. The number of aliphatic hydroxyl groups is 1. The second-order valence-electron chi connectivity index (χ2n) is 6.99. The molecule has 0 aliphatic carbocycles. The van der Waals surface area contributed by atoms with Gasteiger partial charge in [0, 0.05) is 27.2 Å². The van der Waals surface area contributed by atoms with Crippen LogP contribution in [0, 0.1) is 0 Å². The Hall–Kier alpha value is -1.06. The van der Waals surface area contributed by atoms with E-state index in [1.54, 1.807) is 14.2 Å². The molecule has 1 heterocycles. The van der Waals surface area contributed by atoms with E-state index in [1.165, 1.54) is 0 Å². The van der Waals surface area contributed by atoms with E-state index in [4.69, 9.17) is 28.4 Å². The summed E-state index contributed by atoms with van der Waals surface area (Å²) in [7, 11) is 3.16. The van der Waals surface area contributed by atoms with E-state index >= 15 is 0 Å². The number of rotatable bonds is 12. The van der Waals surface area contributed by atoms with Crippen molar-refractivity contribution < 1.29 is 33.5 Å². The van der Waals surface area contributed by atoms with E-state index in [-0.39, 0.29) is 44.6 Å². The Labute approximate surface area is 161 Å². The summed E-state index contributed by atoms with van der Waals surface area (Å²) in [6.45, 7) is 4.10. The predicted molar refractivity (Wildman–Crippen MR) is 99.0 cm³/mol.